The molecule has 2 atom stereocenters. The van der Waals surface area contributed by atoms with Crippen LogP contribution in [0.4, 0.5) is 0 Å². The highest BCUT2D eigenvalue weighted by Crippen LogP contribution is 2.26. The molecular formula is C18H26N2O3. The van der Waals surface area contributed by atoms with Crippen molar-refractivity contribution in [3.8, 4) is 0 Å². The van der Waals surface area contributed by atoms with Crippen LogP contribution < -0.4 is 0 Å². The van der Waals surface area contributed by atoms with Crippen molar-refractivity contribution in [2.24, 2.45) is 0 Å². The summed E-state index contributed by atoms with van der Waals surface area (Å²) in [4.78, 5) is 16.7. The minimum atomic E-state index is 0.216. The first kappa shape index (κ1) is 16.4. The molecule has 2 heterocycles. The second-order valence-electron chi connectivity index (χ2n) is 6.31. The molecule has 1 aromatic carbocycles. The Bertz CT molecular complexity index is 502. The van der Waals surface area contributed by atoms with Crippen molar-refractivity contribution in [3.63, 3.8) is 0 Å². The molecule has 2 aliphatic heterocycles. The number of amides is 1. The van der Waals surface area contributed by atoms with Gasteiger partial charge in [-0.3, -0.25) is 9.69 Å². The molecule has 3 rings (SSSR count). The van der Waals surface area contributed by atoms with Crippen molar-refractivity contribution in [1.29, 1.82) is 0 Å². The fourth-order valence-electron chi connectivity index (χ4n) is 3.31. The molecule has 2 aliphatic rings. The third-order valence-corrected chi connectivity index (χ3v) is 4.63. The van der Waals surface area contributed by atoms with Crippen LogP contribution in [0.25, 0.3) is 0 Å². The number of carbonyl (C=O) groups is 1. The summed E-state index contributed by atoms with van der Waals surface area (Å²) in [6, 6.07) is 10.7. The van der Waals surface area contributed by atoms with Crippen LogP contribution in [0, 0.1) is 0 Å². The summed E-state index contributed by atoms with van der Waals surface area (Å²) >= 11 is 0. The number of morpholine rings is 2. The molecule has 1 aromatic rings. The zero-order valence-corrected chi connectivity index (χ0v) is 13.8. The van der Waals surface area contributed by atoms with Crippen molar-refractivity contribution in [3.05, 3.63) is 35.9 Å². The summed E-state index contributed by atoms with van der Waals surface area (Å²) in [6.07, 6.45) is 0.782. The molecular weight excluding hydrogens is 292 g/mol. The second-order valence-corrected chi connectivity index (χ2v) is 6.31. The fraction of sp³-hybridized carbons (Fsp3) is 0.611. The third-order valence-electron chi connectivity index (χ3n) is 4.63. The molecule has 0 spiro atoms. The van der Waals surface area contributed by atoms with Crippen LogP contribution in [0.1, 0.15) is 24.9 Å². The Labute approximate surface area is 138 Å². The van der Waals surface area contributed by atoms with Crippen molar-refractivity contribution in [2.45, 2.75) is 25.5 Å². The summed E-state index contributed by atoms with van der Waals surface area (Å²) in [7, 11) is 0. The molecule has 0 N–H and O–H groups in total. The van der Waals surface area contributed by atoms with Gasteiger partial charge in [0, 0.05) is 32.6 Å². The van der Waals surface area contributed by atoms with Crippen molar-refractivity contribution in [1.82, 2.24) is 9.80 Å². The molecule has 1 amide bonds. The number of carbonyl (C=O) groups excluding carboxylic acids is 1. The second kappa shape index (κ2) is 7.90. The van der Waals surface area contributed by atoms with E-state index in [2.05, 4.69) is 36.1 Å². The van der Waals surface area contributed by atoms with Gasteiger partial charge in [0.05, 0.1) is 32.0 Å². The highest BCUT2D eigenvalue weighted by atomic mass is 16.5. The summed E-state index contributed by atoms with van der Waals surface area (Å²) < 4.78 is 11.2. The van der Waals surface area contributed by atoms with Gasteiger partial charge in [-0.2, -0.15) is 0 Å². The molecule has 2 saturated heterocycles. The molecule has 126 valence electrons. The van der Waals surface area contributed by atoms with Gasteiger partial charge >= 0.3 is 0 Å². The lowest BCUT2D eigenvalue weighted by Crippen LogP contribution is -2.46. The van der Waals surface area contributed by atoms with E-state index in [9.17, 15) is 4.79 Å². The molecule has 0 saturated carbocycles. The van der Waals surface area contributed by atoms with Gasteiger partial charge in [0.1, 0.15) is 0 Å². The van der Waals surface area contributed by atoms with Crippen LogP contribution in [-0.2, 0) is 14.3 Å². The highest BCUT2D eigenvalue weighted by molar-refractivity contribution is 5.76. The molecule has 0 unspecified atom stereocenters. The Morgan fingerprint density at radius 1 is 1.22 bits per heavy atom. The zero-order chi connectivity index (χ0) is 16.1. The van der Waals surface area contributed by atoms with E-state index in [1.807, 2.05) is 11.0 Å². The van der Waals surface area contributed by atoms with E-state index in [-0.39, 0.29) is 18.1 Å². The van der Waals surface area contributed by atoms with E-state index in [0.29, 0.717) is 26.2 Å². The van der Waals surface area contributed by atoms with E-state index < -0.39 is 0 Å². The molecule has 23 heavy (non-hydrogen) atoms. The largest absolute Gasteiger partial charge is 0.378 e. The first-order valence-electron chi connectivity index (χ1n) is 8.50. The smallest absolute Gasteiger partial charge is 0.224 e. The van der Waals surface area contributed by atoms with Gasteiger partial charge in [0.25, 0.3) is 0 Å². The first-order valence-corrected chi connectivity index (χ1v) is 8.50. The lowest BCUT2D eigenvalue weighted by atomic mass is 10.0. The first-order chi connectivity index (χ1) is 11.2. The van der Waals surface area contributed by atoms with Gasteiger partial charge in [-0.25, -0.2) is 0 Å². The minimum absolute atomic E-state index is 0.216. The maximum Gasteiger partial charge on any atom is 0.224 e. The average Bonchev–Trinajstić information content (AvgIpc) is 2.61. The van der Waals surface area contributed by atoms with E-state index in [4.69, 9.17) is 9.47 Å². The Morgan fingerprint density at radius 3 is 2.70 bits per heavy atom. The van der Waals surface area contributed by atoms with Crippen molar-refractivity contribution in [2.75, 3.05) is 46.0 Å². The molecule has 2 fully saturated rings. The minimum Gasteiger partial charge on any atom is -0.378 e. The molecule has 5 heteroatoms. The molecule has 0 aromatic heterocycles. The maximum absolute atomic E-state index is 12.4. The van der Waals surface area contributed by atoms with Crippen molar-refractivity contribution < 1.29 is 14.3 Å². The number of nitrogens with zero attached hydrogens (tertiary/aromatic N) is 2. The summed E-state index contributed by atoms with van der Waals surface area (Å²) in [5, 5.41) is 0. The van der Waals surface area contributed by atoms with Gasteiger partial charge in [-0.1, -0.05) is 30.3 Å². The molecule has 5 nitrogen and oxygen atoms in total. The van der Waals surface area contributed by atoms with Gasteiger partial charge < -0.3 is 14.4 Å². The molecule has 0 aliphatic carbocycles. The van der Waals surface area contributed by atoms with Gasteiger partial charge in [-0.15, -0.1) is 0 Å². The van der Waals surface area contributed by atoms with Gasteiger partial charge in [0.15, 0.2) is 0 Å². The zero-order valence-electron chi connectivity index (χ0n) is 13.8. The molecule has 0 radical (unpaired) electrons. The monoisotopic (exact) mass is 318 g/mol. The van der Waals surface area contributed by atoms with E-state index >= 15 is 0 Å². The Hall–Kier alpha value is -1.43. The van der Waals surface area contributed by atoms with Crippen LogP contribution >= 0.6 is 0 Å². The number of benzene rings is 1. The summed E-state index contributed by atoms with van der Waals surface area (Å²) in [5.74, 6) is 0.235. The Kier molecular flexibility index (Phi) is 5.65. The van der Waals surface area contributed by atoms with Gasteiger partial charge in [0.2, 0.25) is 5.91 Å². The summed E-state index contributed by atoms with van der Waals surface area (Å²) in [6.45, 7) is 7.20. The Morgan fingerprint density at radius 2 is 1.96 bits per heavy atom. The van der Waals surface area contributed by atoms with E-state index in [1.165, 1.54) is 5.56 Å². The predicted molar refractivity (Wildman–Crippen MR) is 88.2 cm³/mol. The van der Waals surface area contributed by atoms with Crippen LogP contribution in [0.2, 0.25) is 0 Å². The van der Waals surface area contributed by atoms with E-state index in [0.717, 1.165) is 26.2 Å². The van der Waals surface area contributed by atoms with Crippen LogP contribution in [0.3, 0.4) is 0 Å². The lowest BCUT2D eigenvalue weighted by molar-refractivity contribution is -0.136. The lowest BCUT2D eigenvalue weighted by Gasteiger charge is -2.39. The van der Waals surface area contributed by atoms with E-state index in [1.54, 1.807) is 0 Å². The van der Waals surface area contributed by atoms with Crippen LogP contribution in [0.15, 0.2) is 30.3 Å². The average molecular weight is 318 g/mol. The number of rotatable bonds is 4. The molecule has 0 bridgehead atoms. The van der Waals surface area contributed by atoms with Crippen molar-refractivity contribution >= 4 is 5.91 Å². The fourth-order valence-corrected chi connectivity index (χ4v) is 3.31. The highest BCUT2D eigenvalue weighted by Gasteiger charge is 2.28. The SMILES string of the molecule is C[C@@H]1CN(CCC(=O)N2CCOCC2)[C@H](c2ccccc2)CO1. The summed E-state index contributed by atoms with van der Waals surface area (Å²) in [5.41, 5.74) is 1.26. The predicted octanol–water partition coefficient (Wildman–Crippen LogP) is 1.70. The number of hydrogen-bond donors (Lipinski definition) is 0. The van der Waals surface area contributed by atoms with Crippen LogP contribution in [-0.4, -0.2) is 67.8 Å². The topological polar surface area (TPSA) is 42.0 Å². The number of ether oxygens (including phenoxy) is 2. The quantitative estimate of drug-likeness (QED) is 0.847. The third kappa shape index (κ3) is 4.31. The normalized spacial score (nSPS) is 26.2. The Balaban J connectivity index is 1.59. The standard InChI is InChI=1S/C18H26N2O3/c1-15-13-20(8-7-18(21)19-9-11-22-12-10-19)17(14-23-15)16-5-3-2-4-6-16/h2-6,15,17H,7-14H2,1H3/t15-,17+/m1/s1. The van der Waals surface area contributed by atoms with Crippen LogP contribution in [0.5, 0.6) is 0 Å². The maximum atomic E-state index is 12.4. The van der Waals surface area contributed by atoms with Gasteiger partial charge in [-0.05, 0) is 12.5 Å². The number of hydrogen-bond acceptors (Lipinski definition) is 4.